The van der Waals surface area contributed by atoms with Crippen LogP contribution in [0.2, 0.25) is 0 Å². The first-order chi connectivity index (χ1) is 7.90. The van der Waals surface area contributed by atoms with E-state index in [4.69, 9.17) is 10.2 Å². The molecule has 0 saturated carbocycles. The van der Waals surface area contributed by atoms with E-state index in [1.807, 2.05) is 0 Å². The molecule has 0 aliphatic heterocycles. The quantitative estimate of drug-likeness (QED) is 0.457. The van der Waals surface area contributed by atoms with Gasteiger partial charge in [0.1, 0.15) is 5.56 Å². The fourth-order valence-corrected chi connectivity index (χ4v) is 1.33. The number of aliphatic hydroxyl groups is 1. The highest BCUT2D eigenvalue weighted by molar-refractivity contribution is 5.96. The summed E-state index contributed by atoms with van der Waals surface area (Å²) in [6.07, 6.45) is -1.74. The van der Waals surface area contributed by atoms with Crippen molar-refractivity contribution in [3.63, 3.8) is 0 Å². The summed E-state index contributed by atoms with van der Waals surface area (Å²) < 4.78 is 0. The molecule has 1 rings (SSSR count). The fourth-order valence-electron chi connectivity index (χ4n) is 1.33. The Morgan fingerprint density at radius 3 is 2.35 bits per heavy atom. The molecule has 0 heterocycles. The van der Waals surface area contributed by atoms with Gasteiger partial charge in [-0.05, 0) is 6.07 Å². The van der Waals surface area contributed by atoms with Crippen LogP contribution >= 0.6 is 0 Å². The zero-order chi connectivity index (χ0) is 13.2. The lowest BCUT2D eigenvalue weighted by atomic mass is 10.00. The number of hydrogen-bond acceptors (Lipinski definition) is 5. The molecule has 0 aliphatic rings. The molecule has 1 atom stereocenters. The number of phenolic OH excluding ortho intramolecular Hbond substituents is 1. The van der Waals surface area contributed by atoms with Gasteiger partial charge < -0.3 is 25.7 Å². The summed E-state index contributed by atoms with van der Waals surface area (Å²) in [4.78, 5) is 22.1. The standard InChI is InChI=1S/C10H11NO6/c1-11-9(15)7(13)4-2-3-5(12)8(14)6(4)10(16)17/h2-3,7,12-14H,1H3,(H,11,15)(H,16,17). The number of rotatable bonds is 3. The molecule has 1 aromatic rings. The predicted octanol–water partition coefficient (Wildman–Crippen LogP) is -0.425. The largest absolute Gasteiger partial charge is 0.504 e. The Labute approximate surface area is 95.9 Å². The molecule has 1 aromatic carbocycles. The van der Waals surface area contributed by atoms with Gasteiger partial charge in [0.05, 0.1) is 0 Å². The van der Waals surface area contributed by atoms with Crippen molar-refractivity contribution in [1.29, 1.82) is 0 Å². The van der Waals surface area contributed by atoms with Gasteiger partial charge in [0.15, 0.2) is 17.6 Å². The van der Waals surface area contributed by atoms with E-state index in [-0.39, 0.29) is 5.56 Å². The molecule has 0 aliphatic carbocycles. The SMILES string of the molecule is CNC(=O)C(O)c1ccc(O)c(O)c1C(=O)O. The average Bonchev–Trinajstić information content (AvgIpc) is 2.29. The Kier molecular flexibility index (Phi) is 3.54. The van der Waals surface area contributed by atoms with Crippen molar-refractivity contribution in [1.82, 2.24) is 5.32 Å². The molecule has 92 valence electrons. The topological polar surface area (TPSA) is 127 Å². The molecular formula is C10H11NO6. The van der Waals surface area contributed by atoms with Gasteiger partial charge in [-0.1, -0.05) is 6.07 Å². The molecule has 0 fully saturated rings. The number of phenols is 2. The van der Waals surface area contributed by atoms with Crippen LogP contribution in [0.4, 0.5) is 0 Å². The molecular weight excluding hydrogens is 230 g/mol. The first kappa shape index (κ1) is 12.8. The van der Waals surface area contributed by atoms with E-state index in [9.17, 15) is 19.8 Å². The van der Waals surface area contributed by atoms with Crippen LogP contribution in [0.1, 0.15) is 22.0 Å². The van der Waals surface area contributed by atoms with Crippen molar-refractivity contribution in [2.24, 2.45) is 0 Å². The van der Waals surface area contributed by atoms with Crippen LogP contribution in [0.3, 0.4) is 0 Å². The Balaban J connectivity index is 3.39. The van der Waals surface area contributed by atoms with Crippen LogP contribution in [0.25, 0.3) is 0 Å². The van der Waals surface area contributed by atoms with Gasteiger partial charge in [-0.15, -0.1) is 0 Å². The molecule has 7 nitrogen and oxygen atoms in total. The van der Waals surface area contributed by atoms with Crippen molar-refractivity contribution in [2.75, 3.05) is 7.05 Å². The number of carboxylic acid groups (broad SMARTS) is 1. The number of aliphatic hydroxyl groups excluding tert-OH is 1. The lowest BCUT2D eigenvalue weighted by Crippen LogP contribution is -2.26. The second-order valence-corrected chi connectivity index (χ2v) is 3.22. The summed E-state index contributed by atoms with van der Waals surface area (Å²) in [7, 11) is 1.27. The summed E-state index contributed by atoms with van der Waals surface area (Å²) in [5, 5.41) is 39.1. The van der Waals surface area contributed by atoms with Gasteiger partial charge >= 0.3 is 5.97 Å². The third-order valence-corrected chi connectivity index (χ3v) is 2.19. The molecule has 0 bridgehead atoms. The number of likely N-dealkylation sites (N-methyl/N-ethyl adjacent to an activating group) is 1. The summed E-state index contributed by atoms with van der Waals surface area (Å²) in [6, 6.07) is 2.04. The van der Waals surface area contributed by atoms with Gasteiger partial charge in [-0.2, -0.15) is 0 Å². The fraction of sp³-hybridized carbons (Fsp3) is 0.200. The molecule has 0 radical (unpaired) electrons. The second-order valence-electron chi connectivity index (χ2n) is 3.22. The smallest absolute Gasteiger partial charge is 0.340 e. The number of aromatic carboxylic acids is 1. The Morgan fingerprint density at radius 2 is 1.88 bits per heavy atom. The van der Waals surface area contributed by atoms with Gasteiger partial charge in [-0.25, -0.2) is 4.79 Å². The van der Waals surface area contributed by atoms with Crippen LogP contribution in [0.5, 0.6) is 11.5 Å². The maximum absolute atomic E-state index is 11.2. The number of carboxylic acids is 1. The first-order valence-corrected chi connectivity index (χ1v) is 4.58. The molecule has 7 heteroatoms. The monoisotopic (exact) mass is 241 g/mol. The van der Waals surface area contributed by atoms with Gasteiger partial charge in [-0.3, -0.25) is 4.79 Å². The third kappa shape index (κ3) is 2.28. The minimum absolute atomic E-state index is 0.299. The number of aromatic hydroxyl groups is 2. The average molecular weight is 241 g/mol. The summed E-state index contributed by atoms with van der Waals surface area (Å²) in [6.45, 7) is 0. The van der Waals surface area contributed by atoms with Crippen molar-refractivity contribution >= 4 is 11.9 Å². The van der Waals surface area contributed by atoms with Gasteiger partial charge in [0, 0.05) is 12.6 Å². The van der Waals surface area contributed by atoms with E-state index >= 15 is 0 Å². The van der Waals surface area contributed by atoms with Crippen molar-refractivity contribution in [3.8, 4) is 11.5 Å². The number of carbonyl (C=O) groups excluding carboxylic acids is 1. The molecule has 1 unspecified atom stereocenters. The number of amides is 1. The van der Waals surface area contributed by atoms with Crippen LogP contribution in [0.15, 0.2) is 12.1 Å². The molecule has 17 heavy (non-hydrogen) atoms. The van der Waals surface area contributed by atoms with E-state index in [0.717, 1.165) is 12.1 Å². The van der Waals surface area contributed by atoms with E-state index < -0.39 is 35.0 Å². The van der Waals surface area contributed by atoms with Crippen LogP contribution < -0.4 is 5.32 Å². The van der Waals surface area contributed by atoms with Crippen molar-refractivity contribution < 1.29 is 30.0 Å². The molecule has 5 N–H and O–H groups in total. The highest BCUT2D eigenvalue weighted by Gasteiger charge is 2.26. The van der Waals surface area contributed by atoms with Gasteiger partial charge in [0.25, 0.3) is 5.91 Å². The van der Waals surface area contributed by atoms with E-state index in [2.05, 4.69) is 5.32 Å². The lowest BCUT2D eigenvalue weighted by Gasteiger charge is -2.13. The predicted molar refractivity (Wildman–Crippen MR) is 55.8 cm³/mol. The van der Waals surface area contributed by atoms with Crippen molar-refractivity contribution in [2.45, 2.75) is 6.10 Å². The molecule has 1 amide bonds. The van der Waals surface area contributed by atoms with Gasteiger partial charge in [0.2, 0.25) is 0 Å². The highest BCUT2D eigenvalue weighted by atomic mass is 16.4. The summed E-state index contributed by atoms with van der Waals surface area (Å²) in [5.41, 5.74) is -1.01. The van der Waals surface area contributed by atoms with E-state index in [0.29, 0.717) is 0 Å². The van der Waals surface area contributed by atoms with E-state index in [1.54, 1.807) is 0 Å². The maximum atomic E-state index is 11.2. The zero-order valence-corrected chi connectivity index (χ0v) is 8.84. The number of nitrogens with one attached hydrogen (secondary N) is 1. The Hall–Kier alpha value is -2.28. The number of carbonyl (C=O) groups is 2. The Morgan fingerprint density at radius 1 is 1.29 bits per heavy atom. The van der Waals surface area contributed by atoms with Crippen molar-refractivity contribution in [3.05, 3.63) is 23.3 Å². The number of benzene rings is 1. The third-order valence-electron chi connectivity index (χ3n) is 2.19. The Bertz CT molecular complexity index is 470. The first-order valence-electron chi connectivity index (χ1n) is 4.58. The summed E-state index contributed by atoms with van der Waals surface area (Å²) in [5.74, 6) is -3.91. The van der Waals surface area contributed by atoms with Crippen LogP contribution in [0, 0.1) is 0 Å². The highest BCUT2D eigenvalue weighted by Crippen LogP contribution is 2.34. The number of hydrogen-bond donors (Lipinski definition) is 5. The lowest BCUT2D eigenvalue weighted by molar-refractivity contribution is -0.129. The van der Waals surface area contributed by atoms with Crippen LogP contribution in [-0.2, 0) is 4.79 Å². The minimum atomic E-state index is -1.74. The normalized spacial score (nSPS) is 11.9. The second kappa shape index (κ2) is 4.71. The molecule has 0 spiro atoms. The maximum Gasteiger partial charge on any atom is 0.340 e. The van der Waals surface area contributed by atoms with Crippen LogP contribution in [-0.4, -0.2) is 39.4 Å². The minimum Gasteiger partial charge on any atom is -0.504 e. The summed E-state index contributed by atoms with van der Waals surface area (Å²) >= 11 is 0. The molecule has 0 aromatic heterocycles. The van der Waals surface area contributed by atoms with E-state index in [1.165, 1.54) is 7.05 Å². The molecule has 0 saturated heterocycles. The zero-order valence-electron chi connectivity index (χ0n) is 8.84.